The number of hydrogen-bond donors (Lipinski definition) is 2. The molecule has 0 amide bonds. The lowest BCUT2D eigenvalue weighted by molar-refractivity contribution is 0.519. The number of nitrogens with one attached hydrogen (secondary N) is 2. The van der Waals surface area contributed by atoms with E-state index >= 15 is 0 Å². The molecule has 1 aromatic carbocycles. The summed E-state index contributed by atoms with van der Waals surface area (Å²) in [6, 6.07) is 4.18. The van der Waals surface area contributed by atoms with Gasteiger partial charge in [-0.3, -0.25) is 0 Å². The highest BCUT2D eigenvalue weighted by Gasteiger charge is 2.13. The van der Waals surface area contributed by atoms with Gasteiger partial charge in [-0.1, -0.05) is 6.07 Å². The van der Waals surface area contributed by atoms with Crippen molar-refractivity contribution >= 4 is 0 Å². The van der Waals surface area contributed by atoms with E-state index in [9.17, 15) is 8.78 Å². The Balaban J connectivity index is 1.80. The van der Waals surface area contributed by atoms with Crippen LogP contribution in [-0.2, 0) is 6.54 Å². The van der Waals surface area contributed by atoms with Gasteiger partial charge in [0.15, 0.2) is 0 Å². The van der Waals surface area contributed by atoms with E-state index in [-0.39, 0.29) is 0 Å². The van der Waals surface area contributed by atoms with E-state index in [0.717, 1.165) is 19.2 Å². The molecule has 0 aliphatic carbocycles. The summed E-state index contributed by atoms with van der Waals surface area (Å²) in [4.78, 5) is 0. The Hall–Kier alpha value is -1.00. The molecule has 88 valence electrons. The lowest BCUT2D eigenvalue weighted by Gasteiger charge is -2.11. The first-order chi connectivity index (χ1) is 7.75. The highest BCUT2D eigenvalue weighted by Crippen LogP contribution is 2.09. The summed E-state index contributed by atoms with van der Waals surface area (Å²) in [5.41, 5.74) is 0.513. The Labute approximate surface area is 94.0 Å². The van der Waals surface area contributed by atoms with Crippen molar-refractivity contribution in [1.29, 1.82) is 0 Å². The summed E-state index contributed by atoms with van der Waals surface area (Å²) >= 11 is 0. The number of benzene rings is 1. The summed E-state index contributed by atoms with van der Waals surface area (Å²) < 4.78 is 25.9. The topological polar surface area (TPSA) is 24.1 Å². The Morgan fingerprint density at radius 3 is 2.94 bits per heavy atom. The first kappa shape index (κ1) is 11.5. The van der Waals surface area contributed by atoms with Gasteiger partial charge in [-0.2, -0.15) is 0 Å². The smallest absolute Gasteiger partial charge is 0.130 e. The van der Waals surface area contributed by atoms with E-state index < -0.39 is 11.6 Å². The third kappa shape index (κ3) is 3.00. The summed E-state index contributed by atoms with van der Waals surface area (Å²) in [5.74, 6) is -1.01. The fourth-order valence-corrected chi connectivity index (χ4v) is 1.98. The van der Waals surface area contributed by atoms with Gasteiger partial charge in [0.25, 0.3) is 0 Å². The molecule has 2 N–H and O–H groups in total. The van der Waals surface area contributed by atoms with Gasteiger partial charge in [0.05, 0.1) is 0 Å². The highest BCUT2D eigenvalue weighted by molar-refractivity contribution is 5.18. The molecule has 1 saturated heterocycles. The lowest BCUT2D eigenvalue weighted by atomic mass is 10.2. The van der Waals surface area contributed by atoms with Crippen LogP contribution in [-0.4, -0.2) is 19.1 Å². The third-order valence-electron chi connectivity index (χ3n) is 2.88. The average Bonchev–Trinajstić information content (AvgIpc) is 2.74. The molecule has 0 spiro atoms. The highest BCUT2D eigenvalue weighted by atomic mass is 19.1. The molecule has 1 heterocycles. The molecule has 1 aliphatic heterocycles. The SMILES string of the molecule is Fc1ccc(CNCC2CCCN2)c(F)c1. The molecule has 1 aliphatic rings. The summed E-state index contributed by atoms with van der Waals surface area (Å²) in [7, 11) is 0. The maximum atomic E-state index is 13.3. The quantitative estimate of drug-likeness (QED) is 0.818. The second-order valence-corrected chi connectivity index (χ2v) is 4.16. The molecule has 4 heteroatoms. The average molecular weight is 226 g/mol. The second-order valence-electron chi connectivity index (χ2n) is 4.16. The Bertz CT molecular complexity index is 349. The number of hydrogen-bond acceptors (Lipinski definition) is 2. The van der Waals surface area contributed by atoms with Gasteiger partial charge in [0, 0.05) is 30.8 Å². The van der Waals surface area contributed by atoms with E-state index in [2.05, 4.69) is 10.6 Å². The van der Waals surface area contributed by atoms with Crippen LogP contribution in [0, 0.1) is 11.6 Å². The Morgan fingerprint density at radius 1 is 1.38 bits per heavy atom. The van der Waals surface area contributed by atoms with Gasteiger partial charge in [-0.25, -0.2) is 8.78 Å². The van der Waals surface area contributed by atoms with Gasteiger partial charge < -0.3 is 10.6 Å². The van der Waals surface area contributed by atoms with E-state index in [1.807, 2.05) is 0 Å². The molecule has 16 heavy (non-hydrogen) atoms. The molecule has 0 aromatic heterocycles. The van der Waals surface area contributed by atoms with Crippen LogP contribution in [0.1, 0.15) is 18.4 Å². The first-order valence-corrected chi connectivity index (χ1v) is 5.64. The zero-order valence-electron chi connectivity index (χ0n) is 9.10. The monoisotopic (exact) mass is 226 g/mol. The predicted octanol–water partition coefficient (Wildman–Crippen LogP) is 1.81. The molecule has 1 fully saturated rings. The van der Waals surface area contributed by atoms with Gasteiger partial charge in [0.1, 0.15) is 11.6 Å². The fraction of sp³-hybridized carbons (Fsp3) is 0.500. The molecular formula is C12H16F2N2. The van der Waals surface area contributed by atoms with Crippen molar-refractivity contribution in [2.45, 2.75) is 25.4 Å². The lowest BCUT2D eigenvalue weighted by Crippen LogP contribution is -2.33. The van der Waals surface area contributed by atoms with Crippen LogP contribution in [0.5, 0.6) is 0 Å². The third-order valence-corrected chi connectivity index (χ3v) is 2.88. The zero-order valence-corrected chi connectivity index (χ0v) is 9.10. The predicted molar refractivity (Wildman–Crippen MR) is 59.1 cm³/mol. The molecular weight excluding hydrogens is 210 g/mol. The van der Waals surface area contributed by atoms with Gasteiger partial charge in [-0.05, 0) is 25.5 Å². The molecule has 1 unspecified atom stereocenters. The minimum absolute atomic E-state index is 0.449. The zero-order chi connectivity index (χ0) is 11.4. The maximum Gasteiger partial charge on any atom is 0.130 e. The largest absolute Gasteiger partial charge is 0.313 e. The summed E-state index contributed by atoms with van der Waals surface area (Å²) in [5, 5.41) is 6.53. The van der Waals surface area contributed by atoms with Crippen molar-refractivity contribution in [3.63, 3.8) is 0 Å². The van der Waals surface area contributed by atoms with Crippen molar-refractivity contribution in [2.75, 3.05) is 13.1 Å². The van der Waals surface area contributed by atoms with Crippen LogP contribution in [0.3, 0.4) is 0 Å². The molecule has 1 atom stereocenters. The first-order valence-electron chi connectivity index (χ1n) is 5.64. The van der Waals surface area contributed by atoms with Crippen molar-refractivity contribution in [2.24, 2.45) is 0 Å². The van der Waals surface area contributed by atoms with Crippen molar-refractivity contribution in [3.8, 4) is 0 Å². The van der Waals surface area contributed by atoms with Crippen LogP contribution < -0.4 is 10.6 Å². The standard InChI is InChI=1S/C12H16F2N2/c13-10-4-3-9(12(14)6-10)7-15-8-11-2-1-5-16-11/h3-4,6,11,15-16H,1-2,5,7-8H2. The molecule has 1 aromatic rings. The van der Waals surface area contributed by atoms with E-state index in [0.29, 0.717) is 18.2 Å². The Morgan fingerprint density at radius 2 is 2.25 bits per heavy atom. The van der Waals surface area contributed by atoms with Crippen LogP contribution in [0.4, 0.5) is 8.78 Å². The fourth-order valence-electron chi connectivity index (χ4n) is 1.98. The van der Waals surface area contributed by atoms with E-state index in [1.165, 1.54) is 25.0 Å². The summed E-state index contributed by atoms with van der Waals surface area (Å²) in [6.45, 7) is 2.35. The Kier molecular flexibility index (Phi) is 3.85. The maximum absolute atomic E-state index is 13.3. The second kappa shape index (κ2) is 5.37. The molecule has 0 bridgehead atoms. The number of rotatable bonds is 4. The van der Waals surface area contributed by atoms with E-state index in [4.69, 9.17) is 0 Å². The number of halogens is 2. The van der Waals surface area contributed by atoms with Gasteiger partial charge in [0.2, 0.25) is 0 Å². The normalized spacial score (nSPS) is 20.2. The van der Waals surface area contributed by atoms with Crippen LogP contribution in [0.15, 0.2) is 18.2 Å². The molecule has 0 radical (unpaired) electrons. The van der Waals surface area contributed by atoms with Crippen molar-refractivity contribution in [1.82, 2.24) is 10.6 Å². The molecule has 0 saturated carbocycles. The minimum Gasteiger partial charge on any atom is -0.313 e. The van der Waals surface area contributed by atoms with Crippen LogP contribution in [0.25, 0.3) is 0 Å². The van der Waals surface area contributed by atoms with Gasteiger partial charge in [-0.15, -0.1) is 0 Å². The minimum atomic E-state index is -0.529. The summed E-state index contributed by atoms with van der Waals surface area (Å²) in [6.07, 6.45) is 2.37. The van der Waals surface area contributed by atoms with Crippen LogP contribution >= 0.6 is 0 Å². The van der Waals surface area contributed by atoms with E-state index in [1.54, 1.807) is 0 Å². The van der Waals surface area contributed by atoms with Crippen molar-refractivity contribution < 1.29 is 8.78 Å². The van der Waals surface area contributed by atoms with Crippen molar-refractivity contribution in [3.05, 3.63) is 35.4 Å². The molecule has 2 rings (SSSR count). The van der Waals surface area contributed by atoms with Crippen LogP contribution in [0.2, 0.25) is 0 Å². The molecule has 2 nitrogen and oxygen atoms in total. The van der Waals surface area contributed by atoms with Gasteiger partial charge >= 0.3 is 0 Å².